The molecule has 4 rings (SSSR count). The molecule has 0 fully saturated rings. The minimum absolute atomic E-state index is 0.135. The van der Waals surface area contributed by atoms with Crippen LogP contribution in [0.1, 0.15) is 32.4 Å². The highest BCUT2D eigenvalue weighted by Gasteiger charge is 2.43. The van der Waals surface area contributed by atoms with E-state index in [1.807, 2.05) is 0 Å². The van der Waals surface area contributed by atoms with Crippen molar-refractivity contribution in [1.82, 2.24) is 0 Å². The third-order valence-electron chi connectivity index (χ3n) is 5.06. The van der Waals surface area contributed by atoms with Gasteiger partial charge in [-0.25, -0.2) is 4.79 Å². The zero-order chi connectivity index (χ0) is 24.9. The van der Waals surface area contributed by atoms with Crippen molar-refractivity contribution in [3.63, 3.8) is 0 Å². The summed E-state index contributed by atoms with van der Waals surface area (Å²) in [7, 11) is 0. The molecule has 0 aliphatic carbocycles. The monoisotopic (exact) mass is 472 g/mol. The van der Waals surface area contributed by atoms with Gasteiger partial charge in [-0.2, -0.15) is 0 Å². The van der Waals surface area contributed by atoms with Crippen molar-refractivity contribution < 1.29 is 59.9 Å². The Kier molecular flexibility index (Phi) is 5.12. The molecule has 1 aliphatic rings. The predicted octanol–water partition coefficient (Wildman–Crippen LogP) is 1.87. The molecule has 0 spiro atoms. The molecule has 0 saturated heterocycles. The van der Waals surface area contributed by atoms with Gasteiger partial charge in [0, 0.05) is 17.7 Å². The van der Waals surface area contributed by atoms with Gasteiger partial charge in [0.05, 0.1) is 5.56 Å². The maximum absolute atomic E-state index is 13.2. The molecule has 3 aromatic rings. The second kappa shape index (κ2) is 7.85. The van der Waals surface area contributed by atoms with Gasteiger partial charge in [-0.15, -0.1) is 0 Å². The normalized spacial score (nSPS) is 17.0. The summed E-state index contributed by atoms with van der Waals surface area (Å²) in [5, 5.41) is 78.0. The number of hydrogen-bond acceptors (Lipinski definition) is 12. The van der Waals surface area contributed by atoms with Crippen LogP contribution in [0.4, 0.5) is 0 Å². The Balaban J connectivity index is 1.81. The number of phenols is 8. The highest BCUT2D eigenvalue weighted by Crippen LogP contribution is 2.46. The second-order valence-corrected chi connectivity index (χ2v) is 7.34. The van der Waals surface area contributed by atoms with Crippen molar-refractivity contribution >= 4 is 11.8 Å². The molecule has 0 radical (unpaired) electrons. The molecule has 0 amide bonds. The number of carbonyl (C=O) groups is 2. The largest absolute Gasteiger partial charge is 0.508 e. The molecule has 8 N–H and O–H groups in total. The van der Waals surface area contributed by atoms with Crippen molar-refractivity contribution in [3.05, 3.63) is 53.1 Å². The molecule has 3 aromatic carbocycles. The lowest BCUT2D eigenvalue weighted by atomic mass is 9.92. The standard InChI is InChI=1S/C22H16O12/c23-9-5-10(24)16-15(6-9)33-20(7-1-11(25)17(29)12(26)2-7)21(19(16)31)34-22(32)8-3-13(27)18(30)14(28)4-8/h1-6,20-21,23-30H/t20-,21+/m0/s1. The van der Waals surface area contributed by atoms with Gasteiger partial charge in [-0.3, -0.25) is 4.79 Å². The lowest BCUT2D eigenvalue weighted by Crippen LogP contribution is -2.40. The Morgan fingerprint density at radius 3 is 1.82 bits per heavy atom. The Labute approximate surface area is 189 Å². The first-order chi connectivity index (χ1) is 16.0. The first-order valence-corrected chi connectivity index (χ1v) is 9.45. The van der Waals surface area contributed by atoms with Crippen LogP contribution in [0.3, 0.4) is 0 Å². The topological polar surface area (TPSA) is 214 Å². The van der Waals surface area contributed by atoms with Gasteiger partial charge >= 0.3 is 5.97 Å². The number of fused-ring (bicyclic) bond motifs is 1. The van der Waals surface area contributed by atoms with Crippen LogP contribution in [0.15, 0.2) is 36.4 Å². The van der Waals surface area contributed by atoms with E-state index in [9.17, 15) is 50.4 Å². The molecule has 0 saturated carbocycles. The summed E-state index contributed by atoms with van der Waals surface area (Å²) in [5.74, 6) is -8.69. The molecule has 2 atom stereocenters. The Hall–Kier alpha value is -5.00. The quantitative estimate of drug-likeness (QED) is 0.203. The van der Waals surface area contributed by atoms with E-state index >= 15 is 0 Å². The summed E-state index contributed by atoms with van der Waals surface area (Å²) in [5.41, 5.74) is -1.03. The van der Waals surface area contributed by atoms with E-state index in [1.165, 1.54) is 0 Å². The van der Waals surface area contributed by atoms with E-state index in [1.54, 1.807) is 0 Å². The Morgan fingerprint density at radius 2 is 1.26 bits per heavy atom. The number of benzene rings is 3. The molecule has 0 aromatic heterocycles. The van der Waals surface area contributed by atoms with E-state index in [-0.39, 0.29) is 11.3 Å². The van der Waals surface area contributed by atoms with Crippen molar-refractivity contribution in [2.75, 3.05) is 0 Å². The lowest BCUT2D eigenvalue weighted by Gasteiger charge is -2.32. The highest BCUT2D eigenvalue weighted by molar-refractivity contribution is 6.07. The minimum Gasteiger partial charge on any atom is -0.508 e. The average molecular weight is 472 g/mol. The Bertz CT molecular complexity index is 1300. The summed E-state index contributed by atoms with van der Waals surface area (Å²) in [6.07, 6.45) is -3.40. The van der Waals surface area contributed by atoms with Crippen molar-refractivity contribution in [2.45, 2.75) is 12.2 Å². The molecule has 0 unspecified atom stereocenters. The first-order valence-electron chi connectivity index (χ1n) is 9.45. The van der Waals surface area contributed by atoms with Crippen molar-refractivity contribution in [1.29, 1.82) is 0 Å². The lowest BCUT2D eigenvalue weighted by molar-refractivity contribution is -0.0102. The van der Waals surface area contributed by atoms with Gasteiger partial charge in [-0.05, 0) is 24.3 Å². The highest BCUT2D eigenvalue weighted by atomic mass is 16.6. The van der Waals surface area contributed by atoms with E-state index in [4.69, 9.17) is 9.47 Å². The number of carbonyl (C=O) groups excluding carboxylic acids is 2. The van der Waals surface area contributed by atoms with Crippen LogP contribution >= 0.6 is 0 Å². The van der Waals surface area contributed by atoms with Gasteiger partial charge in [0.25, 0.3) is 0 Å². The van der Waals surface area contributed by atoms with Gasteiger partial charge in [0.15, 0.2) is 40.6 Å². The maximum atomic E-state index is 13.2. The smallest absolute Gasteiger partial charge is 0.339 e. The fourth-order valence-electron chi connectivity index (χ4n) is 3.46. The summed E-state index contributed by atoms with van der Waals surface area (Å²) in [4.78, 5) is 25.9. The minimum atomic E-state index is -1.85. The summed E-state index contributed by atoms with van der Waals surface area (Å²) in [6.45, 7) is 0. The van der Waals surface area contributed by atoms with Gasteiger partial charge in [-0.1, -0.05) is 0 Å². The molecular formula is C22H16O12. The zero-order valence-corrected chi connectivity index (χ0v) is 16.8. The molecule has 12 heteroatoms. The summed E-state index contributed by atoms with van der Waals surface area (Å²) < 4.78 is 10.9. The SMILES string of the molecule is O=C(O[C@@H]1C(=O)c2c(O)cc(O)cc2O[C@H]1c1cc(O)c(O)c(O)c1)c1cc(O)c(O)c(O)c1. The van der Waals surface area contributed by atoms with Crippen molar-refractivity contribution in [3.8, 4) is 51.7 Å². The van der Waals surface area contributed by atoms with E-state index < -0.39 is 81.1 Å². The summed E-state index contributed by atoms with van der Waals surface area (Å²) >= 11 is 0. The van der Waals surface area contributed by atoms with Gasteiger partial charge < -0.3 is 50.3 Å². The second-order valence-electron chi connectivity index (χ2n) is 7.34. The number of aromatic hydroxyl groups is 8. The van der Waals surface area contributed by atoms with Crippen LogP contribution in [0, 0.1) is 0 Å². The number of ether oxygens (including phenoxy) is 2. The fourth-order valence-corrected chi connectivity index (χ4v) is 3.46. The Morgan fingerprint density at radius 1 is 0.735 bits per heavy atom. The number of hydrogen-bond donors (Lipinski definition) is 8. The fraction of sp³-hybridized carbons (Fsp3) is 0.0909. The molecule has 12 nitrogen and oxygen atoms in total. The molecule has 34 heavy (non-hydrogen) atoms. The van der Waals surface area contributed by atoms with E-state index in [0.717, 1.165) is 36.4 Å². The number of phenolic OH excluding ortho intramolecular Hbond substituents is 8. The number of rotatable bonds is 3. The number of esters is 1. The number of ketones is 1. The van der Waals surface area contributed by atoms with Crippen LogP contribution in [0.25, 0.3) is 0 Å². The zero-order valence-electron chi connectivity index (χ0n) is 16.8. The third-order valence-corrected chi connectivity index (χ3v) is 5.06. The van der Waals surface area contributed by atoms with Crippen LogP contribution in [-0.2, 0) is 4.74 Å². The predicted molar refractivity (Wildman–Crippen MR) is 110 cm³/mol. The third kappa shape index (κ3) is 3.62. The average Bonchev–Trinajstić information content (AvgIpc) is 2.76. The molecule has 176 valence electrons. The maximum Gasteiger partial charge on any atom is 0.339 e. The van der Waals surface area contributed by atoms with Gasteiger partial charge in [0.1, 0.15) is 22.8 Å². The molecule has 1 aliphatic heterocycles. The van der Waals surface area contributed by atoms with E-state index in [0.29, 0.717) is 0 Å². The van der Waals surface area contributed by atoms with Crippen LogP contribution in [0.5, 0.6) is 51.7 Å². The first kappa shape index (κ1) is 22.2. The summed E-state index contributed by atoms with van der Waals surface area (Å²) in [6, 6.07) is 5.26. The molecule has 1 heterocycles. The van der Waals surface area contributed by atoms with Crippen molar-refractivity contribution in [2.24, 2.45) is 0 Å². The molecular weight excluding hydrogens is 456 g/mol. The van der Waals surface area contributed by atoms with E-state index in [2.05, 4.69) is 0 Å². The number of Topliss-reactive ketones (excluding diaryl/α,β-unsaturated/α-hetero) is 1. The van der Waals surface area contributed by atoms with Crippen LogP contribution < -0.4 is 4.74 Å². The van der Waals surface area contributed by atoms with Gasteiger partial charge in [0.2, 0.25) is 11.9 Å². The van der Waals surface area contributed by atoms with Crippen LogP contribution in [-0.4, -0.2) is 58.7 Å². The molecule has 0 bridgehead atoms. The van der Waals surface area contributed by atoms with Crippen LogP contribution in [0.2, 0.25) is 0 Å².